The molecular formula is C27H32N4O4. The third kappa shape index (κ3) is 5.75. The molecule has 35 heavy (non-hydrogen) atoms. The van der Waals surface area contributed by atoms with Gasteiger partial charge in [0, 0.05) is 23.6 Å². The van der Waals surface area contributed by atoms with Crippen LogP contribution in [-0.2, 0) is 4.79 Å². The van der Waals surface area contributed by atoms with Crippen molar-refractivity contribution in [1.29, 1.82) is 0 Å². The highest BCUT2D eigenvalue weighted by atomic mass is 16.6. The molecule has 1 aromatic heterocycles. The van der Waals surface area contributed by atoms with Crippen LogP contribution in [0, 0.1) is 22.0 Å². The van der Waals surface area contributed by atoms with Gasteiger partial charge in [0.25, 0.3) is 11.2 Å². The van der Waals surface area contributed by atoms with Crippen LogP contribution in [0.25, 0.3) is 22.3 Å². The Morgan fingerprint density at radius 2 is 1.86 bits per heavy atom. The highest BCUT2D eigenvalue weighted by molar-refractivity contribution is 5.88. The predicted octanol–water partition coefficient (Wildman–Crippen LogP) is 5.82. The van der Waals surface area contributed by atoms with Crippen molar-refractivity contribution in [2.24, 2.45) is 11.8 Å². The van der Waals surface area contributed by atoms with Gasteiger partial charge in [-0.05, 0) is 43.7 Å². The number of benzene rings is 2. The van der Waals surface area contributed by atoms with Crippen molar-refractivity contribution >= 4 is 22.5 Å². The summed E-state index contributed by atoms with van der Waals surface area (Å²) < 4.78 is 1.15. The summed E-state index contributed by atoms with van der Waals surface area (Å²) in [5.41, 5.74) is 3.13. The van der Waals surface area contributed by atoms with Crippen LogP contribution >= 0.6 is 0 Å². The van der Waals surface area contributed by atoms with E-state index in [4.69, 9.17) is 0 Å². The van der Waals surface area contributed by atoms with Crippen LogP contribution in [0.3, 0.4) is 0 Å². The Morgan fingerprint density at radius 1 is 1.09 bits per heavy atom. The molecule has 8 heteroatoms. The van der Waals surface area contributed by atoms with Crippen molar-refractivity contribution in [3.05, 3.63) is 69.0 Å². The van der Waals surface area contributed by atoms with Gasteiger partial charge in [-0.1, -0.05) is 63.3 Å². The van der Waals surface area contributed by atoms with Crippen LogP contribution < -0.4 is 11.0 Å². The molecule has 1 heterocycles. The first-order valence-electron chi connectivity index (χ1n) is 12.6. The summed E-state index contributed by atoms with van der Waals surface area (Å²) in [6.45, 7) is 2.21. The minimum atomic E-state index is -0.494. The summed E-state index contributed by atoms with van der Waals surface area (Å²) in [7, 11) is 0. The second kappa shape index (κ2) is 11.3. The lowest BCUT2D eigenvalue weighted by atomic mass is 9.79. The Bertz CT molecular complexity index is 1260. The molecule has 0 bridgehead atoms. The summed E-state index contributed by atoms with van der Waals surface area (Å²) in [6, 6.07) is 12.8. The molecular weight excluding hydrogens is 444 g/mol. The number of rotatable bonds is 9. The number of non-ortho nitro benzene ring substituents is 1. The number of unbranched alkanes of at least 4 members (excludes halogenated alkanes) is 3. The minimum absolute atomic E-state index is 0.111. The molecule has 0 spiro atoms. The Kier molecular flexibility index (Phi) is 7.90. The average molecular weight is 477 g/mol. The van der Waals surface area contributed by atoms with E-state index in [0.29, 0.717) is 22.4 Å². The number of aromatic nitrogens is 2. The zero-order valence-electron chi connectivity index (χ0n) is 20.1. The lowest BCUT2D eigenvalue weighted by Gasteiger charge is -2.28. The smallest absolute Gasteiger partial charge is 0.273 e. The third-order valence-corrected chi connectivity index (χ3v) is 7.00. The molecule has 1 N–H and O–H groups in total. The van der Waals surface area contributed by atoms with Gasteiger partial charge in [0.15, 0.2) is 5.82 Å². The number of amides is 1. The first kappa shape index (κ1) is 24.6. The number of nitro groups is 1. The predicted molar refractivity (Wildman–Crippen MR) is 137 cm³/mol. The van der Waals surface area contributed by atoms with Crippen molar-refractivity contribution in [3.63, 3.8) is 0 Å². The minimum Gasteiger partial charge on any atom is -0.273 e. The molecule has 3 aromatic rings. The maximum absolute atomic E-state index is 13.4. The first-order chi connectivity index (χ1) is 17.0. The molecule has 0 atom stereocenters. The third-order valence-electron chi connectivity index (χ3n) is 7.00. The number of hydrogen-bond acceptors (Lipinski definition) is 5. The van der Waals surface area contributed by atoms with Gasteiger partial charge >= 0.3 is 0 Å². The van der Waals surface area contributed by atoms with E-state index in [1.165, 1.54) is 44.2 Å². The lowest BCUT2D eigenvalue weighted by molar-refractivity contribution is -0.384. The van der Waals surface area contributed by atoms with E-state index in [9.17, 15) is 19.7 Å². The number of nitrogens with zero attached hydrogens (tertiary/aromatic N) is 3. The fraction of sp³-hybridized carbons (Fsp3) is 0.444. The van der Waals surface area contributed by atoms with Gasteiger partial charge in [-0.15, -0.1) is 0 Å². The Labute approximate surface area is 204 Å². The normalized spacial score (nSPS) is 17.9. The molecule has 1 amide bonds. The zero-order valence-corrected chi connectivity index (χ0v) is 20.1. The van der Waals surface area contributed by atoms with Crippen molar-refractivity contribution < 1.29 is 9.72 Å². The average Bonchev–Trinajstić information content (AvgIpc) is 2.88. The van der Waals surface area contributed by atoms with Gasteiger partial charge in [0.1, 0.15) is 0 Å². The Morgan fingerprint density at radius 3 is 2.60 bits per heavy atom. The second-order valence-corrected chi connectivity index (χ2v) is 9.44. The molecule has 1 fully saturated rings. The van der Waals surface area contributed by atoms with Crippen molar-refractivity contribution in [2.45, 2.75) is 64.7 Å². The van der Waals surface area contributed by atoms with Gasteiger partial charge in [0.05, 0.1) is 15.8 Å². The van der Waals surface area contributed by atoms with Gasteiger partial charge in [-0.2, -0.15) is 4.68 Å². The summed E-state index contributed by atoms with van der Waals surface area (Å²) in [5, 5.41) is 11.7. The largest absolute Gasteiger partial charge is 0.280 e. The molecule has 2 aromatic carbocycles. The van der Waals surface area contributed by atoms with Gasteiger partial charge in [-0.3, -0.25) is 25.1 Å². The molecule has 0 aliphatic heterocycles. The van der Waals surface area contributed by atoms with Crippen LogP contribution in [0.2, 0.25) is 0 Å². The zero-order chi connectivity index (χ0) is 24.8. The second-order valence-electron chi connectivity index (χ2n) is 9.44. The SMILES string of the molecule is CCCCCCC1CCC(C(=O)Nn2c(-c3cccc([N+](=O)[O-])c3)nc3ccccc3c2=O)CC1. The van der Waals surface area contributed by atoms with E-state index in [-0.39, 0.29) is 23.3 Å². The van der Waals surface area contributed by atoms with E-state index in [2.05, 4.69) is 17.3 Å². The Hall–Kier alpha value is -3.55. The number of nitro benzene ring substituents is 1. The van der Waals surface area contributed by atoms with Crippen LogP contribution in [0.5, 0.6) is 0 Å². The number of nitrogens with one attached hydrogen (secondary N) is 1. The number of fused-ring (bicyclic) bond motifs is 1. The van der Waals surface area contributed by atoms with Crippen molar-refractivity contribution in [1.82, 2.24) is 9.66 Å². The molecule has 4 rings (SSSR count). The van der Waals surface area contributed by atoms with E-state index >= 15 is 0 Å². The maximum Gasteiger partial charge on any atom is 0.280 e. The number of hydrogen-bond donors (Lipinski definition) is 1. The van der Waals surface area contributed by atoms with E-state index < -0.39 is 10.5 Å². The number of para-hydroxylation sites is 1. The van der Waals surface area contributed by atoms with Gasteiger partial charge in [0.2, 0.25) is 5.91 Å². The topological polar surface area (TPSA) is 107 Å². The molecule has 0 radical (unpaired) electrons. The summed E-state index contributed by atoms with van der Waals surface area (Å²) >= 11 is 0. The van der Waals surface area contributed by atoms with Crippen molar-refractivity contribution in [2.75, 3.05) is 5.43 Å². The fourth-order valence-corrected chi connectivity index (χ4v) is 4.96. The molecule has 184 valence electrons. The molecule has 0 unspecified atom stereocenters. The fourth-order valence-electron chi connectivity index (χ4n) is 4.96. The molecule has 1 saturated carbocycles. The quantitative estimate of drug-likeness (QED) is 0.238. The number of carbonyl (C=O) groups is 1. The molecule has 0 saturated heterocycles. The summed E-state index contributed by atoms with van der Waals surface area (Å²) in [4.78, 5) is 42.0. The molecule has 8 nitrogen and oxygen atoms in total. The number of carbonyl (C=O) groups excluding carboxylic acids is 1. The monoisotopic (exact) mass is 476 g/mol. The van der Waals surface area contributed by atoms with Crippen LogP contribution in [0.15, 0.2) is 53.3 Å². The van der Waals surface area contributed by atoms with Gasteiger partial charge < -0.3 is 0 Å². The maximum atomic E-state index is 13.4. The standard InChI is InChI=1S/C27H32N4O4/c1-2-3-4-5-9-19-14-16-20(17-15-19)26(32)29-30-25(21-10-8-11-22(18-21)31(34)35)28-24-13-7-6-12-23(24)27(30)33/h6-8,10-13,18-20H,2-5,9,14-17H2,1H3,(H,29,32). The van der Waals surface area contributed by atoms with Gasteiger partial charge in [-0.25, -0.2) is 4.98 Å². The Balaban J connectivity index is 1.57. The van der Waals surface area contributed by atoms with Crippen molar-refractivity contribution in [3.8, 4) is 11.4 Å². The summed E-state index contributed by atoms with van der Waals surface area (Å²) in [5.74, 6) is 0.468. The first-order valence-corrected chi connectivity index (χ1v) is 12.6. The highest BCUT2D eigenvalue weighted by Gasteiger charge is 2.27. The molecule has 1 aliphatic carbocycles. The van der Waals surface area contributed by atoms with Crippen LogP contribution in [0.4, 0.5) is 5.69 Å². The lowest BCUT2D eigenvalue weighted by Crippen LogP contribution is -2.39. The van der Waals surface area contributed by atoms with E-state index in [1.54, 1.807) is 36.4 Å². The summed E-state index contributed by atoms with van der Waals surface area (Å²) in [6.07, 6.45) is 9.89. The van der Waals surface area contributed by atoms with Crippen LogP contribution in [-0.4, -0.2) is 20.5 Å². The molecule has 1 aliphatic rings. The van der Waals surface area contributed by atoms with E-state index in [1.807, 2.05) is 0 Å². The highest BCUT2D eigenvalue weighted by Crippen LogP contribution is 2.32. The van der Waals surface area contributed by atoms with Crippen LogP contribution in [0.1, 0.15) is 64.7 Å². The van der Waals surface area contributed by atoms with E-state index in [0.717, 1.165) is 30.4 Å².